The van der Waals surface area contributed by atoms with Gasteiger partial charge in [-0.05, 0) is 53.5 Å². The zero-order chi connectivity index (χ0) is 20.1. The number of hydrogen-bond acceptors (Lipinski definition) is 3. The van der Waals surface area contributed by atoms with Crippen molar-refractivity contribution in [3.05, 3.63) is 57.8 Å². The van der Waals surface area contributed by atoms with Crippen LogP contribution >= 0.6 is 0 Å². The molecule has 0 fully saturated rings. The quantitative estimate of drug-likeness (QED) is 0.393. The zero-order valence-electron chi connectivity index (χ0n) is 17.8. The molecule has 0 aliphatic carbocycles. The van der Waals surface area contributed by atoms with E-state index in [2.05, 4.69) is 87.6 Å². The topological polar surface area (TPSA) is 40.3 Å². The third-order valence-electron chi connectivity index (χ3n) is 5.04. The molecule has 1 aromatic rings. The Morgan fingerprint density at radius 2 is 1.81 bits per heavy atom. The molecule has 4 nitrogen and oxygen atoms in total. The highest BCUT2D eigenvalue weighted by Crippen LogP contribution is 2.31. The molecular formula is C23H32N4. The van der Waals surface area contributed by atoms with Crippen molar-refractivity contribution in [3.63, 3.8) is 0 Å². The van der Waals surface area contributed by atoms with E-state index in [0.717, 1.165) is 30.1 Å². The fourth-order valence-corrected chi connectivity index (χ4v) is 3.40. The molecule has 0 unspecified atom stereocenters. The van der Waals surface area contributed by atoms with E-state index in [9.17, 15) is 0 Å². The van der Waals surface area contributed by atoms with Gasteiger partial charge in [0.05, 0.1) is 11.8 Å². The van der Waals surface area contributed by atoms with Gasteiger partial charge in [-0.15, -0.1) is 5.10 Å². The van der Waals surface area contributed by atoms with Gasteiger partial charge in [0.25, 0.3) is 0 Å². The number of hydrogen-bond donors (Lipinski definition) is 0. The van der Waals surface area contributed by atoms with Gasteiger partial charge < -0.3 is 4.90 Å². The first-order valence-corrected chi connectivity index (χ1v) is 9.60. The van der Waals surface area contributed by atoms with E-state index >= 15 is 0 Å². The number of rotatable bonds is 4. The number of allylic oxidation sites excluding steroid dienone is 4. The van der Waals surface area contributed by atoms with Crippen molar-refractivity contribution in [2.75, 3.05) is 6.54 Å². The summed E-state index contributed by atoms with van der Waals surface area (Å²) in [5, 5.41) is 7.98. The smallest absolute Gasteiger partial charge is 0.128 e. The summed E-state index contributed by atoms with van der Waals surface area (Å²) in [5.74, 6) is 0.855. The molecule has 0 bridgehead atoms. The van der Waals surface area contributed by atoms with Crippen LogP contribution in [0.3, 0.4) is 0 Å². The van der Waals surface area contributed by atoms with E-state index < -0.39 is 0 Å². The zero-order valence-corrected chi connectivity index (χ0v) is 17.8. The molecule has 27 heavy (non-hydrogen) atoms. The first kappa shape index (κ1) is 20.8. The lowest BCUT2D eigenvalue weighted by Crippen LogP contribution is -2.33. The lowest BCUT2D eigenvalue weighted by molar-refractivity contribution is 0.458. The molecule has 0 N–H and O–H groups in total. The molecule has 4 heteroatoms. The van der Waals surface area contributed by atoms with Gasteiger partial charge in [-0.25, -0.2) is 0 Å². The summed E-state index contributed by atoms with van der Waals surface area (Å²) in [7, 11) is 0. The maximum absolute atomic E-state index is 5.13. The molecule has 1 heterocycles. The first-order valence-electron chi connectivity index (χ1n) is 9.60. The van der Waals surface area contributed by atoms with Gasteiger partial charge in [-0.3, -0.25) is 4.99 Å². The molecule has 1 aliphatic heterocycles. The minimum Gasteiger partial charge on any atom is -0.330 e. The third kappa shape index (κ3) is 4.62. The van der Waals surface area contributed by atoms with Gasteiger partial charge in [0.15, 0.2) is 0 Å². The predicted molar refractivity (Wildman–Crippen MR) is 118 cm³/mol. The molecule has 0 amide bonds. The minimum absolute atomic E-state index is 0.139. The minimum atomic E-state index is 0.139. The van der Waals surface area contributed by atoms with Crippen LogP contribution in [0.2, 0.25) is 0 Å². The van der Waals surface area contributed by atoms with Crippen molar-refractivity contribution in [3.8, 4) is 0 Å². The Morgan fingerprint density at radius 3 is 2.33 bits per heavy atom. The highest BCUT2D eigenvalue weighted by Gasteiger charge is 2.27. The average molecular weight is 365 g/mol. The molecule has 0 radical (unpaired) electrons. The van der Waals surface area contributed by atoms with Crippen molar-refractivity contribution in [1.82, 2.24) is 4.90 Å². The van der Waals surface area contributed by atoms with Crippen molar-refractivity contribution in [1.29, 1.82) is 0 Å². The highest BCUT2D eigenvalue weighted by atomic mass is 15.3. The van der Waals surface area contributed by atoms with Crippen LogP contribution in [0.4, 0.5) is 0 Å². The molecule has 0 aromatic heterocycles. The summed E-state index contributed by atoms with van der Waals surface area (Å²) in [6.45, 7) is 19.3. The molecule has 0 saturated carbocycles. The number of aryl methyl sites for hydroxylation is 1. The lowest BCUT2D eigenvalue weighted by Gasteiger charge is -2.28. The maximum atomic E-state index is 5.13. The fraction of sp³-hybridized carbons (Fsp3) is 0.435. The second kappa shape index (κ2) is 8.94. The summed E-state index contributed by atoms with van der Waals surface area (Å²) < 4.78 is 0. The van der Waals surface area contributed by atoms with E-state index in [1.54, 1.807) is 0 Å². The largest absolute Gasteiger partial charge is 0.330 e. The van der Waals surface area contributed by atoms with Crippen molar-refractivity contribution in [2.24, 2.45) is 15.2 Å². The highest BCUT2D eigenvalue weighted by molar-refractivity contribution is 6.16. The second-order valence-electron chi connectivity index (χ2n) is 7.39. The first-order chi connectivity index (χ1) is 12.8. The summed E-state index contributed by atoms with van der Waals surface area (Å²) in [6.07, 6.45) is 0.890. The third-order valence-corrected chi connectivity index (χ3v) is 5.04. The van der Waals surface area contributed by atoms with Gasteiger partial charge >= 0.3 is 0 Å². The van der Waals surface area contributed by atoms with Crippen molar-refractivity contribution >= 4 is 18.3 Å². The molecule has 1 aromatic carbocycles. The maximum Gasteiger partial charge on any atom is 0.128 e. The van der Waals surface area contributed by atoms with Crippen LogP contribution in [0.25, 0.3) is 0 Å². The second-order valence-corrected chi connectivity index (χ2v) is 7.39. The Kier molecular flexibility index (Phi) is 6.89. The SMILES string of the molecule is C=N/N=C(/C)N1C[C@H](C)N=C(c2ccc(C)cc2)C(C(C)=C(C)C)=C1CC. The summed E-state index contributed by atoms with van der Waals surface area (Å²) in [5.41, 5.74) is 8.49. The average Bonchev–Trinajstić information content (AvgIpc) is 2.78. The number of nitrogens with zero attached hydrogens (tertiary/aromatic N) is 4. The van der Waals surface area contributed by atoms with E-state index in [-0.39, 0.29) is 6.04 Å². The molecule has 0 spiro atoms. The van der Waals surface area contributed by atoms with Gasteiger partial charge in [-0.1, -0.05) is 42.3 Å². The van der Waals surface area contributed by atoms with Crippen molar-refractivity contribution < 1.29 is 0 Å². The van der Waals surface area contributed by atoms with Crippen LogP contribution in [0.5, 0.6) is 0 Å². The number of benzene rings is 1. The Balaban J connectivity index is 2.81. The Bertz CT molecular complexity index is 818. The normalized spacial score (nSPS) is 18.2. The molecule has 2 rings (SSSR count). The van der Waals surface area contributed by atoms with Crippen LogP contribution < -0.4 is 0 Å². The Labute approximate surface area is 164 Å². The molecular weight excluding hydrogens is 332 g/mol. The summed E-state index contributed by atoms with van der Waals surface area (Å²) >= 11 is 0. The van der Waals surface area contributed by atoms with E-state index in [1.807, 2.05) is 6.92 Å². The summed E-state index contributed by atoms with van der Waals surface area (Å²) in [4.78, 5) is 7.39. The van der Waals surface area contributed by atoms with Gasteiger partial charge in [0, 0.05) is 30.1 Å². The fourth-order valence-electron chi connectivity index (χ4n) is 3.40. The Hall–Kier alpha value is -2.49. The van der Waals surface area contributed by atoms with Crippen LogP contribution in [0.15, 0.2) is 61.9 Å². The van der Waals surface area contributed by atoms with Crippen LogP contribution in [-0.4, -0.2) is 35.8 Å². The predicted octanol–water partition coefficient (Wildman–Crippen LogP) is 5.54. The van der Waals surface area contributed by atoms with E-state index in [4.69, 9.17) is 4.99 Å². The number of amidine groups is 1. The van der Waals surface area contributed by atoms with E-state index in [1.165, 1.54) is 28.0 Å². The standard InChI is InChI=1S/C23H32N4/c1-9-21-22(18(6)15(2)3)23(20-12-10-16(4)11-13-20)25-17(5)14-27(21)19(7)26-24-8/h10-13,17H,8-9,14H2,1-7H3/b26-19-/t17-/m0/s1. The Morgan fingerprint density at radius 1 is 1.19 bits per heavy atom. The molecule has 0 saturated heterocycles. The van der Waals surface area contributed by atoms with Gasteiger partial charge in [0.2, 0.25) is 0 Å². The van der Waals surface area contributed by atoms with Crippen LogP contribution in [0, 0.1) is 6.92 Å². The summed E-state index contributed by atoms with van der Waals surface area (Å²) in [6, 6.07) is 8.80. The molecule has 144 valence electrons. The van der Waals surface area contributed by atoms with Crippen LogP contribution in [-0.2, 0) is 0 Å². The molecule has 1 atom stereocenters. The number of aliphatic imine (C=N–C) groups is 1. The monoisotopic (exact) mass is 364 g/mol. The molecule has 1 aliphatic rings. The van der Waals surface area contributed by atoms with E-state index in [0.29, 0.717) is 0 Å². The van der Waals surface area contributed by atoms with Gasteiger partial charge in [0.1, 0.15) is 5.84 Å². The van der Waals surface area contributed by atoms with Gasteiger partial charge in [-0.2, -0.15) is 5.10 Å². The lowest BCUT2D eigenvalue weighted by atomic mass is 9.91. The van der Waals surface area contributed by atoms with Crippen molar-refractivity contribution in [2.45, 2.75) is 60.9 Å². The van der Waals surface area contributed by atoms with Crippen LogP contribution in [0.1, 0.15) is 59.1 Å².